The summed E-state index contributed by atoms with van der Waals surface area (Å²) >= 11 is 3.51. The molecule has 0 bridgehead atoms. The van der Waals surface area contributed by atoms with Crippen LogP contribution in [0.5, 0.6) is 5.75 Å². The van der Waals surface area contributed by atoms with E-state index in [1.165, 1.54) is 5.56 Å². The summed E-state index contributed by atoms with van der Waals surface area (Å²) in [4.78, 5) is 15.8. The van der Waals surface area contributed by atoms with Gasteiger partial charge in [0.05, 0.1) is 5.41 Å². The molecule has 2 saturated heterocycles. The minimum atomic E-state index is -0.472. The molecule has 0 N–H and O–H groups in total. The number of aryl methyl sites for hydroxylation is 2. The minimum Gasteiger partial charge on any atom is -0.490 e. The van der Waals surface area contributed by atoms with Gasteiger partial charge in [0, 0.05) is 43.6 Å². The number of amides is 1. The second-order valence-electron chi connectivity index (χ2n) is 8.58. The largest absolute Gasteiger partial charge is 0.490 e. The van der Waals surface area contributed by atoms with Gasteiger partial charge in [-0.05, 0) is 61.6 Å². The predicted octanol–water partition coefficient (Wildman–Crippen LogP) is 5.18. The first-order valence-electron chi connectivity index (χ1n) is 10.8. The lowest BCUT2D eigenvalue weighted by molar-refractivity contribution is -0.143. The van der Waals surface area contributed by atoms with E-state index in [9.17, 15) is 4.79 Å². The fourth-order valence-corrected chi connectivity index (χ4v) is 4.87. The van der Waals surface area contributed by atoms with Crippen LogP contribution in [-0.4, -0.2) is 43.2 Å². The van der Waals surface area contributed by atoms with Gasteiger partial charge in [0.1, 0.15) is 11.9 Å². The van der Waals surface area contributed by atoms with Gasteiger partial charge in [-0.1, -0.05) is 40.2 Å². The number of halogens is 1. The Morgan fingerprint density at radius 3 is 2.40 bits per heavy atom. The highest BCUT2D eigenvalue weighted by Gasteiger charge is 2.44. The van der Waals surface area contributed by atoms with Gasteiger partial charge in [0.2, 0.25) is 5.91 Å². The Labute approximate surface area is 187 Å². The third-order valence-corrected chi connectivity index (χ3v) is 7.05. The first-order valence-corrected chi connectivity index (χ1v) is 11.6. The average molecular weight is 472 g/mol. The van der Waals surface area contributed by atoms with Gasteiger partial charge in [-0.2, -0.15) is 0 Å². The Hall–Kier alpha value is -1.85. The quantitative estimate of drug-likeness (QED) is 0.615. The Bertz CT molecular complexity index is 882. The van der Waals surface area contributed by atoms with Crippen molar-refractivity contribution in [3.05, 3.63) is 63.6 Å². The molecule has 160 valence electrons. The molecule has 5 heteroatoms. The van der Waals surface area contributed by atoms with Crippen LogP contribution < -0.4 is 4.74 Å². The fraction of sp³-hybridized carbons (Fsp3) is 0.480. The van der Waals surface area contributed by atoms with Gasteiger partial charge in [0.15, 0.2) is 0 Å². The van der Waals surface area contributed by atoms with Crippen molar-refractivity contribution in [1.82, 2.24) is 4.90 Å². The summed E-state index contributed by atoms with van der Waals surface area (Å²) in [6.45, 7) is 6.92. The smallest absolute Gasteiger partial charge is 0.233 e. The van der Waals surface area contributed by atoms with E-state index >= 15 is 0 Å². The van der Waals surface area contributed by atoms with Crippen molar-refractivity contribution in [1.29, 1.82) is 0 Å². The SMILES string of the molecule is Cc1ccc(C)c(OC2CCN(C(=O)C3(c4ccc(Br)cc4)CCOCC3)CC2)c1. The molecule has 0 spiro atoms. The number of rotatable bonds is 4. The molecule has 4 rings (SSSR count). The zero-order valence-corrected chi connectivity index (χ0v) is 19.4. The number of carbonyl (C=O) groups excluding carboxylic acids is 1. The van der Waals surface area contributed by atoms with Gasteiger partial charge in [-0.15, -0.1) is 0 Å². The normalized spacial score (nSPS) is 19.5. The van der Waals surface area contributed by atoms with Crippen molar-refractivity contribution in [2.24, 2.45) is 0 Å². The van der Waals surface area contributed by atoms with Gasteiger partial charge < -0.3 is 14.4 Å². The summed E-state index contributed by atoms with van der Waals surface area (Å²) in [5.41, 5.74) is 3.00. The molecule has 2 heterocycles. The molecule has 0 atom stereocenters. The number of likely N-dealkylation sites (tertiary alicyclic amines) is 1. The van der Waals surface area contributed by atoms with Crippen LogP contribution in [0.4, 0.5) is 0 Å². The van der Waals surface area contributed by atoms with Crippen LogP contribution in [0.15, 0.2) is 46.9 Å². The topological polar surface area (TPSA) is 38.8 Å². The molecule has 4 nitrogen and oxygen atoms in total. The molecule has 2 aromatic carbocycles. The molecule has 0 aromatic heterocycles. The van der Waals surface area contributed by atoms with Crippen molar-refractivity contribution < 1.29 is 14.3 Å². The monoisotopic (exact) mass is 471 g/mol. The lowest BCUT2D eigenvalue weighted by atomic mass is 9.72. The van der Waals surface area contributed by atoms with E-state index in [-0.39, 0.29) is 12.0 Å². The molecule has 2 aliphatic heterocycles. The molecule has 0 saturated carbocycles. The lowest BCUT2D eigenvalue weighted by Gasteiger charge is -2.42. The zero-order chi connectivity index (χ0) is 21.1. The highest BCUT2D eigenvalue weighted by molar-refractivity contribution is 9.10. The highest BCUT2D eigenvalue weighted by atomic mass is 79.9. The Morgan fingerprint density at radius 1 is 1.07 bits per heavy atom. The molecule has 2 aromatic rings. The maximum Gasteiger partial charge on any atom is 0.233 e. The summed E-state index contributed by atoms with van der Waals surface area (Å²) in [6.07, 6.45) is 3.38. The fourth-order valence-electron chi connectivity index (χ4n) is 4.61. The molecular formula is C25H30BrNO3. The van der Waals surface area contributed by atoms with Gasteiger partial charge in [-0.3, -0.25) is 4.79 Å². The molecule has 0 unspecified atom stereocenters. The van der Waals surface area contributed by atoms with E-state index in [0.29, 0.717) is 13.2 Å². The second-order valence-corrected chi connectivity index (χ2v) is 9.50. The van der Waals surface area contributed by atoms with Crippen LogP contribution in [0.2, 0.25) is 0 Å². The average Bonchev–Trinajstić information content (AvgIpc) is 2.77. The number of carbonyl (C=O) groups is 1. The van der Waals surface area contributed by atoms with Gasteiger partial charge in [-0.25, -0.2) is 0 Å². The second kappa shape index (κ2) is 9.11. The van der Waals surface area contributed by atoms with Crippen molar-refractivity contribution in [3.63, 3.8) is 0 Å². The van der Waals surface area contributed by atoms with Crippen molar-refractivity contribution in [2.45, 2.75) is 51.0 Å². The number of nitrogens with zero attached hydrogens (tertiary/aromatic N) is 1. The molecule has 0 aliphatic carbocycles. The Kier molecular flexibility index (Phi) is 6.49. The third kappa shape index (κ3) is 4.42. The summed E-state index contributed by atoms with van der Waals surface area (Å²) in [6, 6.07) is 14.6. The standard InChI is InChI=1S/C25H30BrNO3/c1-18-3-4-19(2)23(17-18)30-22-9-13-27(14-10-22)24(28)25(11-15-29-16-12-25)20-5-7-21(26)8-6-20/h3-8,17,22H,9-16H2,1-2H3. The number of hydrogen-bond acceptors (Lipinski definition) is 3. The first kappa shape index (κ1) is 21.4. The number of hydrogen-bond donors (Lipinski definition) is 0. The van der Waals surface area contributed by atoms with Gasteiger partial charge in [0.25, 0.3) is 0 Å². The van der Waals surface area contributed by atoms with Crippen LogP contribution in [0.3, 0.4) is 0 Å². The van der Waals surface area contributed by atoms with Crippen LogP contribution >= 0.6 is 15.9 Å². The molecular weight excluding hydrogens is 442 g/mol. The van der Waals surface area contributed by atoms with Crippen molar-refractivity contribution >= 4 is 21.8 Å². The van der Waals surface area contributed by atoms with E-state index < -0.39 is 5.41 Å². The van der Waals surface area contributed by atoms with Crippen LogP contribution in [0.1, 0.15) is 42.4 Å². The summed E-state index contributed by atoms with van der Waals surface area (Å²) in [7, 11) is 0. The Morgan fingerprint density at radius 2 is 1.73 bits per heavy atom. The molecule has 0 radical (unpaired) electrons. The predicted molar refractivity (Wildman–Crippen MR) is 122 cm³/mol. The number of benzene rings is 2. The highest BCUT2D eigenvalue weighted by Crippen LogP contribution is 2.38. The van der Waals surface area contributed by atoms with Crippen LogP contribution in [-0.2, 0) is 14.9 Å². The van der Waals surface area contributed by atoms with E-state index in [4.69, 9.17) is 9.47 Å². The summed E-state index contributed by atoms with van der Waals surface area (Å²) in [5, 5.41) is 0. The van der Waals surface area contributed by atoms with E-state index in [2.05, 4.69) is 65.0 Å². The maximum atomic E-state index is 13.7. The molecule has 2 aliphatic rings. The maximum absolute atomic E-state index is 13.7. The minimum absolute atomic E-state index is 0.160. The molecule has 1 amide bonds. The summed E-state index contributed by atoms with van der Waals surface area (Å²) in [5.74, 6) is 1.22. The Balaban J connectivity index is 1.45. The van der Waals surface area contributed by atoms with Gasteiger partial charge >= 0.3 is 0 Å². The molecule has 30 heavy (non-hydrogen) atoms. The summed E-state index contributed by atoms with van der Waals surface area (Å²) < 4.78 is 12.9. The van der Waals surface area contributed by atoms with E-state index in [1.54, 1.807) is 0 Å². The lowest BCUT2D eigenvalue weighted by Crippen LogP contribution is -2.53. The first-order chi connectivity index (χ1) is 14.5. The number of piperidine rings is 1. The van der Waals surface area contributed by atoms with Crippen molar-refractivity contribution in [3.8, 4) is 5.75 Å². The van der Waals surface area contributed by atoms with E-state index in [1.807, 2.05) is 12.1 Å². The van der Waals surface area contributed by atoms with Crippen LogP contribution in [0, 0.1) is 13.8 Å². The van der Waals surface area contributed by atoms with Crippen LogP contribution in [0.25, 0.3) is 0 Å². The third-order valence-electron chi connectivity index (χ3n) is 6.52. The van der Waals surface area contributed by atoms with Crippen molar-refractivity contribution in [2.75, 3.05) is 26.3 Å². The van der Waals surface area contributed by atoms with E-state index in [0.717, 1.165) is 60.1 Å². The zero-order valence-electron chi connectivity index (χ0n) is 17.8. The number of ether oxygens (including phenoxy) is 2. The molecule has 2 fully saturated rings.